The van der Waals surface area contributed by atoms with E-state index in [9.17, 15) is 9.59 Å². The summed E-state index contributed by atoms with van der Waals surface area (Å²) < 4.78 is 0. The highest BCUT2D eigenvalue weighted by atomic mass is 16.2. The summed E-state index contributed by atoms with van der Waals surface area (Å²) in [6.45, 7) is 3.85. The van der Waals surface area contributed by atoms with Gasteiger partial charge in [-0.2, -0.15) is 0 Å². The first kappa shape index (κ1) is 10.2. The first-order chi connectivity index (χ1) is 6.04. The van der Waals surface area contributed by atoms with Crippen LogP contribution in [0.25, 0.3) is 0 Å². The summed E-state index contributed by atoms with van der Waals surface area (Å²) in [5.74, 6) is -0.0517. The molecular formula is C9H16N2O2. The number of Topliss-reactive ketones (excluding diaryl/α,β-unsaturated/α-hetero) is 1. The van der Waals surface area contributed by atoms with Crippen LogP contribution in [-0.2, 0) is 9.59 Å². The van der Waals surface area contributed by atoms with Crippen molar-refractivity contribution < 1.29 is 9.59 Å². The molecule has 2 N–H and O–H groups in total. The molecule has 0 radical (unpaired) electrons. The minimum absolute atomic E-state index is 0.0616. The number of hydrogen-bond acceptors (Lipinski definition) is 3. The molecule has 0 aromatic heterocycles. The Hall–Kier alpha value is -0.900. The van der Waals surface area contributed by atoms with E-state index in [2.05, 4.69) is 0 Å². The van der Waals surface area contributed by atoms with E-state index in [0.29, 0.717) is 6.54 Å². The van der Waals surface area contributed by atoms with Crippen LogP contribution in [0.2, 0.25) is 0 Å². The molecule has 1 unspecified atom stereocenters. The van der Waals surface area contributed by atoms with Crippen LogP contribution in [0, 0.1) is 0 Å². The van der Waals surface area contributed by atoms with Crippen LogP contribution in [-0.4, -0.2) is 35.2 Å². The van der Waals surface area contributed by atoms with E-state index in [0.717, 1.165) is 12.8 Å². The number of ketones is 1. The largest absolute Gasteiger partial charge is 0.331 e. The molecule has 0 saturated carbocycles. The molecule has 1 fully saturated rings. The maximum atomic E-state index is 11.5. The van der Waals surface area contributed by atoms with Gasteiger partial charge in [0.25, 0.3) is 0 Å². The van der Waals surface area contributed by atoms with Crippen molar-refractivity contribution in [2.45, 2.75) is 38.8 Å². The molecule has 1 saturated heterocycles. The molecule has 13 heavy (non-hydrogen) atoms. The Labute approximate surface area is 78.1 Å². The minimum Gasteiger partial charge on any atom is -0.331 e. The quantitative estimate of drug-likeness (QED) is 0.652. The Morgan fingerprint density at radius 2 is 2.15 bits per heavy atom. The van der Waals surface area contributed by atoms with E-state index in [-0.39, 0.29) is 17.7 Å². The molecule has 0 aromatic carbocycles. The van der Waals surface area contributed by atoms with Crippen LogP contribution in [0.5, 0.6) is 0 Å². The second-order valence-electron chi connectivity index (χ2n) is 3.59. The summed E-state index contributed by atoms with van der Waals surface area (Å²) in [6.07, 6.45) is 1.69. The first-order valence-corrected chi connectivity index (χ1v) is 4.60. The van der Waals surface area contributed by atoms with Crippen LogP contribution in [0.15, 0.2) is 0 Å². The maximum Gasteiger partial charge on any atom is 0.239 e. The van der Waals surface area contributed by atoms with E-state index in [4.69, 9.17) is 5.73 Å². The molecule has 74 valence electrons. The Balaban J connectivity index is 2.68. The molecule has 1 aliphatic rings. The Kier molecular flexibility index (Phi) is 3.03. The molecule has 1 heterocycles. The number of nitrogens with zero attached hydrogens (tertiary/aromatic N) is 1. The highest BCUT2D eigenvalue weighted by Crippen LogP contribution is 2.18. The third kappa shape index (κ3) is 2.06. The van der Waals surface area contributed by atoms with Gasteiger partial charge in [-0.1, -0.05) is 0 Å². The van der Waals surface area contributed by atoms with Gasteiger partial charge in [0, 0.05) is 6.54 Å². The average Bonchev–Trinajstić information content (AvgIpc) is 2.50. The number of hydrogen-bond donors (Lipinski definition) is 1. The lowest BCUT2D eigenvalue weighted by Gasteiger charge is -2.24. The van der Waals surface area contributed by atoms with Crippen LogP contribution >= 0.6 is 0 Å². The Bertz CT molecular complexity index is 226. The van der Waals surface area contributed by atoms with Gasteiger partial charge in [0.15, 0.2) is 5.78 Å². The van der Waals surface area contributed by atoms with Crippen molar-refractivity contribution in [1.82, 2.24) is 4.90 Å². The highest BCUT2D eigenvalue weighted by molar-refractivity contribution is 5.89. The number of amides is 1. The predicted molar refractivity (Wildman–Crippen MR) is 49.1 cm³/mol. The molecule has 1 rings (SSSR count). The van der Waals surface area contributed by atoms with Crippen molar-refractivity contribution >= 4 is 11.7 Å². The highest BCUT2D eigenvalue weighted by Gasteiger charge is 2.32. The van der Waals surface area contributed by atoms with Gasteiger partial charge in [0.1, 0.15) is 0 Å². The summed E-state index contributed by atoms with van der Waals surface area (Å²) in [7, 11) is 0. The number of nitrogens with two attached hydrogens (primary N) is 1. The van der Waals surface area contributed by atoms with Crippen LogP contribution < -0.4 is 5.73 Å². The molecule has 1 amide bonds. The molecule has 1 aliphatic heterocycles. The van der Waals surface area contributed by atoms with E-state index >= 15 is 0 Å². The lowest BCUT2D eigenvalue weighted by molar-refractivity contribution is -0.137. The molecule has 0 aliphatic carbocycles. The van der Waals surface area contributed by atoms with Gasteiger partial charge in [-0.05, 0) is 26.7 Å². The summed E-state index contributed by atoms with van der Waals surface area (Å²) in [6, 6.07) is -0.724. The minimum atomic E-state index is -0.500. The molecule has 4 heteroatoms. The van der Waals surface area contributed by atoms with Gasteiger partial charge < -0.3 is 10.6 Å². The lowest BCUT2D eigenvalue weighted by Crippen LogP contribution is -2.46. The van der Waals surface area contributed by atoms with Crippen LogP contribution in [0.1, 0.15) is 26.7 Å². The molecule has 0 bridgehead atoms. The van der Waals surface area contributed by atoms with Crippen molar-refractivity contribution in [2.75, 3.05) is 6.54 Å². The summed E-state index contributed by atoms with van der Waals surface area (Å²) in [5, 5.41) is 0. The fraction of sp³-hybridized carbons (Fsp3) is 0.778. The third-order valence-corrected chi connectivity index (χ3v) is 2.39. The van der Waals surface area contributed by atoms with Gasteiger partial charge in [-0.3, -0.25) is 9.59 Å². The van der Waals surface area contributed by atoms with E-state index in [1.165, 1.54) is 6.92 Å². The van der Waals surface area contributed by atoms with Crippen molar-refractivity contribution in [3.8, 4) is 0 Å². The fourth-order valence-electron chi connectivity index (χ4n) is 1.71. The van der Waals surface area contributed by atoms with Crippen LogP contribution in [0.3, 0.4) is 0 Å². The van der Waals surface area contributed by atoms with Crippen molar-refractivity contribution in [3.63, 3.8) is 0 Å². The van der Waals surface area contributed by atoms with E-state index < -0.39 is 6.04 Å². The zero-order valence-corrected chi connectivity index (χ0v) is 8.12. The average molecular weight is 184 g/mol. The number of rotatable bonds is 2. The van der Waals surface area contributed by atoms with Gasteiger partial charge >= 0.3 is 0 Å². The molecule has 0 spiro atoms. The second kappa shape index (κ2) is 3.87. The van der Waals surface area contributed by atoms with Crippen molar-refractivity contribution in [2.24, 2.45) is 5.73 Å². The maximum absolute atomic E-state index is 11.5. The molecule has 0 aromatic rings. The van der Waals surface area contributed by atoms with E-state index in [1.807, 2.05) is 0 Å². The van der Waals surface area contributed by atoms with Gasteiger partial charge in [-0.25, -0.2) is 0 Å². The van der Waals surface area contributed by atoms with E-state index in [1.54, 1.807) is 11.8 Å². The van der Waals surface area contributed by atoms with Gasteiger partial charge in [0.05, 0.1) is 12.1 Å². The normalized spacial score (nSPS) is 24.5. The number of carbonyl (C=O) groups is 2. The van der Waals surface area contributed by atoms with Crippen LogP contribution in [0.4, 0.5) is 0 Å². The lowest BCUT2D eigenvalue weighted by atomic mass is 10.1. The topological polar surface area (TPSA) is 63.4 Å². The monoisotopic (exact) mass is 184 g/mol. The Morgan fingerprint density at radius 1 is 1.54 bits per heavy atom. The standard InChI is InChI=1S/C9H16N2O2/c1-6(10)9(13)11-5-3-4-8(11)7(2)12/h6,8H,3-5,10H2,1-2H3/t6-,8?/m0/s1. The predicted octanol–water partition coefficient (Wildman–Crippen LogP) is -0.0864. The summed E-state index contributed by atoms with van der Waals surface area (Å²) >= 11 is 0. The molecule has 4 nitrogen and oxygen atoms in total. The fourth-order valence-corrected chi connectivity index (χ4v) is 1.71. The number of carbonyl (C=O) groups excluding carboxylic acids is 2. The zero-order chi connectivity index (χ0) is 10.0. The molecule has 2 atom stereocenters. The SMILES string of the molecule is CC(=O)C1CCCN1C(=O)[C@H](C)N. The zero-order valence-electron chi connectivity index (χ0n) is 8.12. The summed E-state index contributed by atoms with van der Waals surface area (Å²) in [4.78, 5) is 24.3. The first-order valence-electron chi connectivity index (χ1n) is 4.60. The smallest absolute Gasteiger partial charge is 0.239 e. The van der Waals surface area contributed by atoms with Gasteiger partial charge in [-0.15, -0.1) is 0 Å². The third-order valence-electron chi connectivity index (χ3n) is 2.39. The summed E-state index contributed by atoms with van der Waals surface area (Å²) in [5.41, 5.74) is 5.48. The Morgan fingerprint density at radius 3 is 2.62 bits per heavy atom. The van der Waals surface area contributed by atoms with Crippen molar-refractivity contribution in [3.05, 3.63) is 0 Å². The van der Waals surface area contributed by atoms with Crippen molar-refractivity contribution in [1.29, 1.82) is 0 Å². The van der Waals surface area contributed by atoms with Gasteiger partial charge in [0.2, 0.25) is 5.91 Å². The molecular weight excluding hydrogens is 168 g/mol. The number of likely N-dealkylation sites (tertiary alicyclic amines) is 1. The second-order valence-corrected chi connectivity index (χ2v) is 3.59.